The van der Waals surface area contributed by atoms with Crippen LogP contribution in [0, 0.1) is 0 Å². The Morgan fingerprint density at radius 3 is 2.56 bits per heavy atom. The minimum atomic E-state index is -3.10. The SMILES string of the molecule is O=C(O)c1sc(-c2ccccc2)nc1OC(F)F. The average molecular weight is 271 g/mol. The maximum Gasteiger partial charge on any atom is 0.388 e. The van der Waals surface area contributed by atoms with Crippen LogP contribution in [0.1, 0.15) is 9.67 Å². The van der Waals surface area contributed by atoms with Crippen LogP contribution < -0.4 is 4.74 Å². The monoisotopic (exact) mass is 271 g/mol. The molecule has 94 valence electrons. The molecule has 0 atom stereocenters. The molecular formula is C11H7F2NO3S. The summed E-state index contributed by atoms with van der Waals surface area (Å²) < 4.78 is 28.3. The molecular weight excluding hydrogens is 264 g/mol. The number of thiazole rings is 1. The van der Waals surface area contributed by atoms with Gasteiger partial charge in [0.25, 0.3) is 0 Å². The topological polar surface area (TPSA) is 59.4 Å². The van der Waals surface area contributed by atoms with E-state index in [2.05, 4.69) is 9.72 Å². The van der Waals surface area contributed by atoms with Crippen LogP contribution >= 0.6 is 11.3 Å². The van der Waals surface area contributed by atoms with Crippen molar-refractivity contribution in [3.63, 3.8) is 0 Å². The Labute approximate surface area is 104 Å². The van der Waals surface area contributed by atoms with Crippen LogP contribution in [0.15, 0.2) is 30.3 Å². The van der Waals surface area contributed by atoms with Gasteiger partial charge in [0.2, 0.25) is 5.88 Å². The number of carbonyl (C=O) groups is 1. The number of rotatable bonds is 4. The lowest BCUT2D eigenvalue weighted by molar-refractivity contribution is -0.0528. The molecule has 0 saturated heterocycles. The molecule has 0 spiro atoms. The lowest BCUT2D eigenvalue weighted by Gasteiger charge is -2.00. The van der Waals surface area contributed by atoms with E-state index in [1.54, 1.807) is 30.3 Å². The molecule has 1 heterocycles. The van der Waals surface area contributed by atoms with E-state index in [0.29, 0.717) is 10.6 Å². The summed E-state index contributed by atoms with van der Waals surface area (Å²) >= 11 is 0.794. The highest BCUT2D eigenvalue weighted by atomic mass is 32.1. The zero-order chi connectivity index (χ0) is 13.1. The fourth-order valence-electron chi connectivity index (χ4n) is 1.31. The van der Waals surface area contributed by atoms with E-state index < -0.39 is 18.5 Å². The molecule has 0 aliphatic carbocycles. The number of carboxylic acid groups (broad SMARTS) is 1. The molecule has 0 amide bonds. The number of benzene rings is 1. The van der Waals surface area contributed by atoms with Crippen molar-refractivity contribution in [3.8, 4) is 16.5 Å². The summed E-state index contributed by atoms with van der Waals surface area (Å²) in [5, 5.41) is 9.21. The molecule has 1 aromatic carbocycles. The summed E-state index contributed by atoms with van der Waals surface area (Å²) in [5.74, 6) is -1.90. The van der Waals surface area contributed by atoms with Crippen molar-refractivity contribution >= 4 is 17.3 Å². The molecule has 0 unspecified atom stereocenters. The molecule has 0 bridgehead atoms. The fraction of sp³-hybridized carbons (Fsp3) is 0.0909. The van der Waals surface area contributed by atoms with E-state index in [-0.39, 0.29) is 4.88 Å². The van der Waals surface area contributed by atoms with Gasteiger partial charge in [-0.25, -0.2) is 9.78 Å². The normalized spacial score (nSPS) is 10.6. The third kappa shape index (κ3) is 2.62. The van der Waals surface area contributed by atoms with Crippen molar-refractivity contribution in [2.75, 3.05) is 0 Å². The predicted molar refractivity (Wildman–Crippen MR) is 61.1 cm³/mol. The van der Waals surface area contributed by atoms with Crippen molar-refractivity contribution in [1.82, 2.24) is 4.98 Å². The fourth-order valence-corrected chi connectivity index (χ4v) is 2.15. The van der Waals surface area contributed by atoms with E-state index in [4.69, 9.17) is 5.11 Å². The second kappa shape index (κ2) is 5.09. The van der Waals surface area contributed by atoms with Crippen molar-refractivity contribution < 1.29 is 23.4 Å². The van der Waals surface area contributed by atoms with Gasteiger partial charge in [-0.3, -0.25) is 0 Å². The summed E-state index contributed by atoms with van der Waals surface area (Å²) in [6.07, 6.45) is 0. The number of hydrogen-bond acceptors (Lipinski definition) is 4. The first-order valence-corrected chi connectivity index (χ1v) is 5.64. The first-order chi connectivity index (χ1) is 8.58. The average Bonchev–Trinajstić information content (AvgIpc) is 2.73. The number of carboxylic acids is 1. The van der Waals surface area contributed by atoms with E-state index in [1.165, 1.54) is 0 Å². The van der Waals surface area contributed by atoms with Gasteiger partial charge >= 0.3 is 12.6 Å². The van der Waals surface area contributed by atoms with Crippen LogP contribution in [-0.4, -0.2) is 22.7 Å². The lowest BCUT2D eigenvalue weighted by Crippen LogP contribution is -2.06. The largest absolute Gasteiger partial charge is 0.477 e. The van der Waals surface area contributed by atoms with Crippen molar-refractivity contribution in [2.24, 2.45) is 0 Å². The Hall–Kier alpha value is -2.02. The lowest BCUT2D eigenvalue weighted by atomic mass is 10.2. The number of ether oxygens (including phenoxy) is 1. The van der Waals surface area contributed by atoms with Gasteiger partial charge in [0.15, 0.2) is 4.88 Å². The Bertz CT molecular complexity index is 557. The van der Waals surface area contributed by atoms with E-state index in [0.717, 1.165) is 11.3 Å². The minimum Gasteiger partial charge on any atom is -0.477 e. The Balaban J connectivity index is 2.42. The van der Waals surface area contributed by atoms with E-state index in [9.17, 15) is 13.6 Å². The van der Waals surface area contributed by atoms with Crippen LogP contribution in [0.3, 0.4) is 0 Å². The van der Waals surface area contributed by atoms with Gasteiger partial charge in [-0.2, -0.15) is 8.78 Å². The molecule has 4 nitrogen and oxygen atoms in total. The van der Waals surface area contributed by atoms with Gasteiger partial charge in [-0.05, 0) is 0 Å². The zero-order valence-corrected chi connectivity index (χ0v) is 9.66. The Kier molecular flexibility index (Phi) is 3.52. The number of hydrogen-bond donors (Lipinski definition) is 1. The smallest absolute Gasteiger partial charge is 0.388 e. The summed E-state index contributed by atoms with van der Waals surface area (Å²) in [7, 11) is 0. The van der Waals surface area contributed by atoms with Gasteiger partial charge in [-0.15, -0.1) is 11.3 Å². The zero-order valence-electron chi connectivity index (χ0n) is 8.84. The summed E-state index contributed by atoms with van der Waals surface area (Å²) in [5.41, 5.74) is 0.647. The maximum atomic E-state index is 12.1. The van der Waals surface area contributed by atoms with Crippen molar-refractivity contribution in [3.05, 3.63) is 35.2 Å². The molecule has 18 heavy (non-hydrogen) atoms. The molecule has 0 aliphatic rings. The van der Waals surface area contributed by atoms with Crippen LogP contribution in [0.2, 0.25) is 0 Å². The van der Waals surface area contributed by atoms with Gasteiger partial charge in [0.05, 0.1) is 0 Å². The number of aromatic nitrogens is 1. The van der Waals surface area contributed by atoms with E-state index >= 15 is 0 Å². The minimum absolute atomic E-state index is 0.323. The number of halogens is 2. The second-order valence-corrected chi connectivity index (χ2v) is 4.20. The quantitative estimate of drug-likeness (QED) is 0.928. The van der Waals surface area contributed by atoms with Gasteiger partial charge in [0, 0.05) is 5.56 Å². The molecule has 1 aromatic heterocycles. The standard InChI is InChI=1S/C11H7F2NO3S/c12-11(13)17-8-7(10(15)16)18-9(14-8)6-4-2-1-3-5-6/h1-5,11H,(H,15,16). The molecule has 0 fully saturated rings. The van der Waals surface area contributed by atoms with Crippen LogP contribution in [-0.2, 0) is 0 Å². The van der Waals surface area contributed by atoms with Gasteiger partial charge in [-0.1, -0.05) is 30.3 Å². The van der Waals surface area contributed by atoms with Gasteiger partial charge in [0.1, 0.15) is 5.01 Å². The summed E-state index contributed by atoms with van der Waals surface area (Å²) in [6, 6.07) is 8.68. The number of nitrogens with zero attached hydrogens (tertiary/aromatic N) is 1. The third-order valence-electron chi connectivity index (χ3n) is 2.01. The number of alkyl halides is 2. The third-order valence-corrected chi connectivity index (χ3v) is 3.09. The molecule has 1 N–H and O–H groups in total. The summed E-state index contributed by atoms with van der Waals surface area (Å²) in [6.45, 7) is -3.10. The first kappa shape index (κ1) is 12.4. The molecule has 0 radical (unpaired) electrons. The maximum absolute atomic E-state index is 12.1. The molecule has 0 saturated carbocycles. The Morgan fingerprint density at radius 1 is 1.33 bits per heavy atom. The van der Waals surface area contributed by atoms with Crippen LogP contribution in [0.4, 0.5) is 8.78 Å². The predicted octanol–water partition coefficient (Wildman–Crippen LogP) is 3.11. The van der Waals surface area contributed by atoms with Gasteiger partial charge < -0.3 is 9.84 Å². The summed E-state index contributed by atoms with van der Waals surface area (Å²) in [4.78, 5) is 14.3. The van der Waals surface area contributed by atoms with Crippen molar-refractivity contribution in [2.45, 2.75) is 6.61 Å². The highest BCUT2D eigenvalue weighted by Crippen LogP contribution is 2.33. The van der Waals surface area contributed by atoms with Crippen LogP contribution in [0.25, 0.3) is 10.6 Å². The molecule has 0 aliphatic heterocycles. The van der Waals surface area contributed by atoms with Crippen LogP contribution in [0.5, 0.6) is 5.88 Å². The first-order valence-electron chi connectivity index (χ1n) is 4.82. The number of aromatic carboxylic acids is 1. The van der Waals surface area contributed by atoms with Crippen molar-refractivity contribution in [1.29, 1.82) is 0 Å². The molecule has 2 rings (SSSR count). The molecule has 2 aromatic rings. The highest BCUT2D eigenvalue weighted by Gasteiger charge is 2.22. The van der Waals surface area contributed by atoms with E-state index in [1.807, 2.05) is 0 Å². The molecule has 7 heteroatoms. The Morgan fingerprint density at radius 2 is 2.00 bits per heavy atom. The highest BCUT2D eigenvalue weighted by molar-refractivity contribution is 7.17. The second-order valence-electron chi connectivity index (χ2n) is 3.20.